The Hall–Kier alpha value is -0.910. The van der Waals surface area contributed by atoms with E-state index in [9.17, 15) is 8.42 Å². The fourth-order valence-corrected chi connectivity index (χ4v) is 2.59. The molecule has 1 N–H and O–H groups in total. The maximum atomic E-state index is 11.8. The molecule has 0 aliphatic carbocycles. The van der Waals surface area contributed by atoms with Gasteiger partial charge in [-0.2, -0.15) is 8.42 Å². The highest BCUT2D eigenvalue weighted by Crippen LogP contribution is 2.16. The average Bonchev–Trinajstić information content (AvgIpc) is 2.15. The molecule has 0 fully saturated rings. The molecule has 96 valence electrons. The molecule has 0 spiro atoms. The summed E-state index contributed by atoms with van der Waals surface area (Å²) in [6.45, 7) is 5.10. The fourth-order valence-electron chi connectivity index (χ4n) is 1.50. The van der Waals surface area contributed by atoms with E-state index in [0.29, 0.717) is 0 Å². The maximum Gasteiger partial charge on any atom is 0.297 e. The van der Waals surface area contributed by atoms with Gasteiger partial charge in [0.25, 0.3) is 10.1 Å². The summed E-state index contributed by atoms with van der Waals surface area (Å²) in [5, 5.41) is 9.15. The van der Waals surface area contributed by atoms with Gasteiger partial charge in [0.05, 0.1) is 17.1 Å². The van der Waals surface area contributed by atoms with Crippen molar-refractivity contribution in [2.75, 3.05) is 0 Å². The molecule has 4 nitrogen and oxygen atoms in total. The zero-order chi connectivity index (χ0) is 13.1. The number of aliphatic hydroxyl groups is 1. The lowest BCUT2D eigenvalue weighted by atomic mass is 10.2. The zero-order valence-corrected chi connectivity index (χ0v) is 11.1. The molecule has 1 rings (SSSR count). The Labute approximate surface area is 102 Å². The van der Waals surface area contributed by atoms with Crippen molar-refractivity contribution in [1.82, 2.24) is 0 Å². The van der Waals surface area contributed by atoms with Crippen LogP contribution in [-0.2, 0) is 14.3 Å². The lowest BCUT2D eigenvalue weighted by molar-refractivity contribution is 0.119. The van der Waals surface area contributed by atoms with Gasteiger partial charge in [-0.1, -0.05) is 17.7 Å². The third kappa shape index (κ3) is 4.46. The predicted molar refractivity (Wildman–Crippen MR) is 65.2 cm³/mol. The van der Waals surface area contributed by atoms with Crippen LogP contribution >= 0.6 is 0 Å². The van der Waals surface area contributed by atoms with Crippen molar-refractivity contribution in [3.63, 3.8) is 0 Å². The van der Waals surface area contributed by atoms with Gasteiger partial charge in [0.1, 0.15) is 0 Å². The second-order valence-electron chi connectivity index (χ2n) is 4.26. The minimum Gasteiger partial charge on any atom is -0.393 e. The molecule has 0 saturated carbocycles. The Kier molecular flexibility index (Phi) is 4.68. The molecule has 5 heteroatoms. The Bertz CT molecular complexity index is 448. The summed E-state index contributed by atoms with van der Waals surface area (Å²) in [6, 6.07) is 6.46. The largest absolute Gasteiger partial charge is 0.393 e. The number of hydrogen-bond donors (Lipinski definition) is 1. The molecule has 0 bridgehead atoms. The smallest absolute Gasteiger partial charge is 0.297 e. The minimum atomic E-state index is -3.73. The number of aryl methyl sites for hydroxylation is 1. The summed E-state index contributed by atoms with van der Waals surface area (Å²) in [6.07, 6.45) is -0.843. The van der Waals surface area contributed by atoms with Crippen molar-refractivity contribution < 1.29 is 17.7 Å². The molecule has 17 heavy (non-hydrogen) atoms. The van der Waals surface area contributed by atoms with E-state index in [4.69, 9.17) is 9.29 Å². The molecule has 0 aromatic heterocycles. The van der Waals surface area contributed by atoms with Gasteiger partial charge in [0.15, 0.2) is 0 Å². The predicted octanol–water partition coefficient (Wildman–Crippen LogP) is 1.86. The standard InChI is InChI=1S/C12H18O4S/c1-9-4-6-12(7-5-9)17(14,15)16-11(3)8-10(2)13/h4-7,10-11,13H,8H2,1-3H3/t10-,11-/m1/s1. The number of hydrogen-bond acceptors (Lipinski definition) is 4. The topological polar surface area (TPSA) is 63.6 Å². The number of rotatable bonds is 5. The average molecular weight is 258 g/mol. The molecule has 2 atom stereocenters. The van der Waals surface area contributed by atoms with Gasteiger partial charge in [0.2, 0.25) is 0 Å². The van der Waals surface area contributed by atoms with Gasteiger partial charge in [-0.15, -0.1) is 0 Å². The summed E-state index contributed by atoms with van der Waals surface area (Å²) in [5.74, 6) is 0. The quantitative estimate of drug-likeness (QED) is 0.819. The van der Waals surface area contributed by atoms with Gasteiger partial charge in [-0.05, 0) is 32.9 Å². The third-order valence-electron chi connectivity index (χ3n) is 2.27. The summed E-state index contributed by atoms with van der Waals surface area (Å²) in [5.41, 5.74) is 0.987. The van der Waals surface area contributed by atoms with Crippen LogP contribution in [0.3, 0.4) is 0 Å². The van der Waals surface area contributed by atoms with Crippen molar-refractivity contribution in [2.45, 2.75) is 44.3 Å². The first-order chi connectivity index (χ1) is 7.81. The Balaban J connectivity index is 2.78. The van der Waals surface area contributed by atoms with Crippen LogP contribution in [0.15, 0.2) is 29.2 Å². The molecule has 1 aromatic carbocycles. The fraction of sp³-hybridized carbons (Fsp3) is 0.500. The first kappa shape index (κ1) is 14.2. The summed E-state index contributed by atoms with van der Waals surface area (Å²) in [4.78, 5) is 0.139. The number of benzene rings is 1. The van der Waals surface area contributed by atoms with Crippen LogP contribution in [0, 0.1) is 6.92 Å². The van der Waals surface area contributed by atoms with Gasteiger partial charge < -0.3 is 5.11 Å². The van der Waals surface area contributed by atoms with Crippen LogP contribution < -0.4 is 0 Å². The van der Waals surface area contributed by atoms with E-state index in [1.165, 1.54) is 12.1 Å². The van der Waals surface area contributed by atoms with Crippen molar-refractivity contribution in [1.29, 1.82) is 0 Å². The van der Waals surface area contributed by atoms with Crippen molar-refractivity contribution in [2.24, 2.45) is 0 Å². The molecule has 0 amide bonds. The summed E-state index contributed by atoms with van der Waals surface area (Å²) in [7, 11) is -3.73. The SMILES string of the molecule is Cc1ccc(S(=O)(=O)O[C@H](C)C[C@@H](C)O)cc1. The van der Waals surface area contributed by atoms with Crippen LogP contribution in [0.5, 0.6) is 0 Å². The maximum absolute atomic E-state index is 11.8. The van der Waals surface area contributed by atoms with Crippen LogP contribution in [0.2, 0.25) is 0 Å². The van der Waals surface area contributed by atoms with E-state index in [2.05, 4.69) is 0 Å². The van der Waals surface area contributed by atoms with E-state index in [-0.39, 0.29) is 11.3 Å². The Morgan fingerprint density at radius 1 is 1.24 bits per heavy atom. The highest BCUT2D eigenvalue weighted by Gasteiger charge is 2.19. The Morgan fingerprint density at radius 2 is 1.76 bits per heavy atom. The van der Waals surface area contributed by atoms with Crippen molar-refractivity contribution in [3.8, 4) is 0 Å². The number of aliphatic hydroxyl groups excluding tert-OH is 1. The molecule has 0 aliphatic heterocycles. The van der Waals surface area contributed by atoms with E-state index in [0.717, 1.165) is 5.56 Å². The zero-order valence-electron chi connectivity index (χ0n) is 10.3. The first-order valence-corrected chi connectivity index (χ1v) is 6.90. The van der Waals surface area contributed by atoms with Crippen LogP contribution in [-0.4, -0.2) is 25.7 Å². The van der Waals surface area contributed by atoms with Crippen molar-refractivity contribution >= 4 is 10.1 Å². The highest BCUT2D eigenvalue weighted by atomic mass is 32.2. The van der Waals surface area contributed by atoms with Crippen LogP contribution in [0.1, 0.15) is 25.8 Å². The molecule has 1 aromatic rings. The van der Waals surface area contributed by atoms with Crippen LogP contribution in [0.4, 0.5) is 0 Å². The molecule has 0 radical (unpaired) electrons. The molecular weight excluding hydrogens is 240 g/mol. The molecule has 0 saturated heterocycles. The highest BCUT2D eigenvalue weighted by molar-refractivity contribution is 7.86. The minimum absolute atomic E-state index is 0.139. The van der Waals surface area contributed by atoms with Gasteiger partial charge >= 0.3 is 0 Å². The monoisotopic (exact) mass is 258 g/mol. The van der Waals surface area contributed by atoms with E-state index in [1.54, 1.807) is 26.0 Å². The Morgan fingerprint density at radius 3 is 2.24 bits per heavy atom. The van der Waals surface area contributed by atoms with E-state index >= 15 is 0 Å². The molecule has 0 heterocycles. The van der Waals surface area contributed by atoms with Gasteiger partial charge in [-0.25, -0.2) is 0 Å². The lowest BCUT2D eigenvalue weighted by Gasteiger charge is -2.14. The normalized spacial score (nSPS) is 15.5. The van der Waals surface area contributed by atoms with Crippen molar-refractivity contribution in [3.05, 3.63) is 29.8 Å². The molecule has 0 unspecified atom stereocenters. The molecular formula is C12H18O4S. The van der Waals surface area contributed by atoms with Gasteiger partial charge in [-0.3, -0.25) is 4.18 Å². The summed E-state index contributed by atoms with van der Waals surface area (Å²) >= 11 is 0. The second kappa shape index (κ2) is 5.62. The van der Waals surface area contributed by atoms with Gasteiger partial charge in [0, 0.05) is 6.42 Å². The second-order valence-corrected chi connectivity index (χ2v) is 5.83. The first-order valence-electron chi connectivity index (χ1n) is 5.49. The third-order valence-corrected chi connectivity index (χ3v) is 3.71. The lowest BCUT2D eigenvalue weighted by Crippen LogP contribution is -2.19. The van der Waals surface area contributed by atoms with Crippen LogP contribution in [0.25, 0.3) is 0 Å². The molecule has 0 aliphatic rings. The van der Waals surface area contributed by atoms with E-state index in [1.807, 2.05) is 6.92 Å². The summed E-state index contributed by atoms with van der Waals surface area (Å²) < 4.78 is 28.6. The van der Waals surface area contributed by atoms with E-state index < -0.39 is 22.3 Å².